The van der Waals surface area contributed by atoms with Crippen LogP contribution in [0.25, 0.3) is 0 Å². The summed E-state index contributed by atoms with van der Waals surface area (Å²) in [5.74, 6) is 0.104. The minimum atomic E-state index is -3.11. The molecule has 0 aromatic rings. The lowest BCUT2D eigenvalue weighted by molar-refractivity contribution is 0.215. The van der Waals surface area contributed by atoms with Gasteiger partial charge in [-0.05, 0) is 24.8 Å². The van der Waals surface area contributed by atoms with Crippen LogP contribution >= 0.6 is 0 Å². The van der Waals surface area contributed by atoms with Gasteiger partial charge < -0.3 is 10.1 Å². The van der Waals surface area contributed by atoms with Crippen molar-refractivity contribution in [3.8, 4) is 0 Å². The van der Waals surface area contributed by atoms with Gasteiger partial charge in [-0.2, -0.15) is 0 Å². The highest BCUT2D eigenvalue weighted by molar-refractivity contribution is 7.89. The quantitative estimate of drug-likeness (QED) is 0.739. The highest BCUT2D eigenvalue weighted by atomic mass is 32.2. The second kappa shape index (κ2) is 4.60. The zero-order chi connectivity index (χ0) is 11.6. The van der Waals surface area contributed by atoms with Crippen LogP contribution in [0.1, 0.15) is 12.8 Å². The summed E-state index contributed by atoms with van der Waals surface area (Å²) in [6.45, 7) is 3.62. The number of sulfonamides is 1. The van der Waals surface area contributed by atoms with Gasteiger partial charge in [0.05, 0.1) is 12.4 Å². The van der Waals surface area contributed by atoms with Gasteiger partial charge in [-0.1, -0.05) is 0 Å². The lowest BCUT2D eigenvalue weighted by Gasteiger charge is -2.22. The Morgan fingerprint density at radius 3 is 2.88 bits per heavy atom. The first-order chi connectivity index (χ1) is 7.58. The van der Waals surface area contributed by atoms with Gasteiger partial charge in [0, 0.05) is 26.7 Å². The Bertz CT molecular complexity index is 336. The van der Waals surface area contributed by atoms with Crippen molar-refractivity contribution in [3.63, 3.8) is 0 Å². The summed E-state index contributed by atoms with van der Waals surface area (Å²) in [5.41, 5.74) is 0.208. The van der Waals surface area contributed by atoms with Crippen molar-refractivity contribution in [2.45, 2.75) is 12.8 Å². The Labute approximate surface area is 97.2 Å². The molecule has 2 fully saturated rings. The van der Waals surface area contributed by atoms with Gasteiger partial charge in [-0.15, -0.1) is 0 Å². The van der Waals surface area contributed by atoms with Crippen LogP contribution in [-0.4, -0.2) is 58.4 Å². The molecule has 94 valence electrons. The zero-order valence-corrected chi connectivity index (χ0v) is 10.6. The molecule has 2 saturated heterocycles. The Balaban J connectivity index is 1.97. The molecule has 1 spiro atoms. The molecule has 0 saturated carbocycles. The van der Waals surface area contributed by atoms with E-state index in [1.54, 1.807) is 4.31 Å². The molecule has 0 aromatic carbocycles. The topological polar surface area (TPSA) is 58.6 Å². The van der Waals surface area contributed by atoms with Gasteiger partial charge >= 0.3 is 0 Å². The molecule has 2 aliphatic heterocycles. The van der Waals surface area contributed by atoms with Gasteiger partial charge in [-0.25, -0.2) is 12.7 Å². The van der Waals surface area contributed by atoms with Crippen molar-refractivity contribution in [2.75, 3.05) is 45.6 Å². The molecule has 2 heterocycles. The third-order valence-corrected chi connectivity index (χ3v) is 5.46. The predicted molar refractivity (Wildman–Crippen MR) is 61.8 cm³/mol. The number of rotatable bonds is 4. The van der Waals surface area contributed by atoms with E-state index in [2.05, 4.69) is 5.32 Å². The third kappa shape index (κ3) is 2.40. The summed E-state index contributed by atoms with van der Waals surface area (Å²) in [4.78, 5) is 0. The van der Waals surface area contributed by atoms with E-state index >= 15 is 0 Å². The standard InChI is InChI=1S/C10H20N2O3S/c1-15-6-7-16(13,14)12-5-3-10(9-12)2-4-11-8-10/h11H,2-9H2,1H3. The largest absolute Gasteiger partial charge is 0.384 e. The fraction of sp³-hybridized carbons (Fsp3) is 1.00. The van der Waals surface area contributed by atoms with Gasteiger partial charge in [0.2, 0.25) is 10.0 Å². The summed E-state index contributed by atoms with van der Waals surface area (Å²) in [7, 11) is -1.58. The molecule has 2 aliphatic rings. The number of nitrogens with one attached hydrogen (secondary N) is 1. The summed E-state index contributed by atoms with van der Waals surface area (Å²) >= 11 is 0. The number of nitrogens with zero attached hydrogens (tertiary/aromatic N) is 1. The Morgan fingerprint density at radius 1 is 1.44 bits per heavy atom. The molecule has 6 heteroatoms. The number of hydrogen-bond acceptors (Lipinski definition) is 4. The molecule has 1 atom stereocenters. The average Bonchev–Trinajstić information content (AvgIpc) is 2.87. The lowest BCUT2D eigenvalue weighted by Crippen LogP contribution is -2.35. The van der Waals surface area contributed by atoms with E-state index in [1.807, 2.05) is 0 Å². The average molecular weight is 248 g/mol. The van der Waals surface area contributed by atoms with Crippen LogP contribution in [-0.2, 0) is 14.8 Å². The molecule has 2 rings (SSSR count). The predicted octanol–water partition coefficient (Wildman–Crippen LogP) is -0.352. The van der Waals surface area contributed by atoms with Gasteiger partial charge in [-0.3, -0.25) is 0 Å². The van der Waals surface area contributed by atoms with Crippen LogP contribution in [0.4, 0.5) is 0 Å². The highest BCUT2D eigenvalue weighted by Crippen LogP contribution is 2.37. The van der Waals surface area contributed by atoms with Crippen molar-refractivity contribution >= 4 is 10.0 Å². The maximum atomic E-state index is 12.0. The first-order valence-corrected chi connectivity index (χ1v) is 7.36. The van der Waals surface area contributed by atoms with Crippen LogP contribution in [0.2, 0.25) is 0 Å². The molecular formula is C10H20N2O3S. The summed E-state index contributed by atoms with van der Waals surface area (Å²) in [6, 6.07) is 0. The maximum Gasteiger partial charge on any atom is 0.216 e. The minimum absolute atomic E-state index is 0.104. The normalized spacial score (nSPS) is 31.6. The van der Waals surface area contributed by atoms with Crippen molar-refractivity contribution in [2.24, 2.45) is 5.41 Å². The Morgan fingerprint density at radius 2 is 2.25 bits per heavy atom. The van der Waals surface area contributed by atoms with Crippen LogP contribution in [0.15, 0.2) is 0 Å². The van der Waals surface area contributed by atoms with Crippen molar-refractivity contribution in [1.82, 2.24) is 9.62 Å². The van der Waals surface area contributed by atoms with Crippen molar-refractivity contribution < 1.29 is 13.2 Å². The molecule has 0 aliphatic carbocycles. The molecular weight excluding hydrogens is 228 g/mol. The van der Waals surface area contributed by atoms with E-state index in [4.69, 9.17) is 4.74 Å². The first-order valence-electron chi connectivity index (χ1n) is 5.76. The van der Waals surface area contributed by atoms with E-state index in [0.29, 0.717) is 13.1 Å². The molecule has 0 bridgehead atoms. The van der Waals surface area contributed by atoms with E-state index < -0.39 is 10.0 Å². The minimum Gasteiger partial charge on any atom is -0.384 e. The fourth-order valence-electron chi connectivity index (χ4n) is 2.59. The molecule has 0 radical (unpaired) electrons. The number of ether oxygens (including phenoxy) is 1. The Hall–Kier alpha value is -0.170. The van der Waals surface area contributed by atoms with Crippen LogP contribution < -0.4 is 5.32 Å². The van der Waals surface area contributed by atoms with E-state index in [0.717, 1.165) is 25.9 Å². The van der Waals surface area contributed by atoms with Gasteiger partial charge in [0.1, 0.15) is 0 Å². The molecule has 16 heavy (non-hydrogen) atoms. The molecule has 0 amide bonds. The maximum absolute atomic E-state index is 12.0. The van der Waals surface area contributed by atoms with E-state index in [-0.39, 0.29) is 17.8 Å². The summed E-state index contributed by atoms with van der Waals surface area (Å²) < 4.78 is 30.4. The lowest BCUT2D eigenvalue weighted by atomic mass is 9.87. The van der Waals surface area contributed by atoms with Crippen LogP contribution in [0, 0.1) is 5.41 Å². The van der Waals surface area contributed by atoms with Crippen molar-refractivity contribution in [3.05, 3.63) is 0 Å². The molecule has 1 unspecified atom stereocenters. The number of hydrogen-bond donors (Lipinski definition) is 1. The third-order valence-electron chi connectivity index (χ3n) is 3.67. The zero-order valence-electron chi connectivity index (χ0n) is 9.74. The number of methoxy groups -OCH3 is 1. The van der Waals surface area contributed by atoms with E-state index in [1.165, 1.54) is 7.11 Å². The summed E-state index contributed by atoms with van der Waals surface area (Å²) in [6.07, 6.45) is 2.09. The molecule has 0 aromatic heterocycles. The first kappa shape index (κ1) is 12.3. The monoisotopic (exact) mass is 248 g/mol. The van der Waals surface area contributed by atoms with Gasteiger partial charge in [0.15, 0.2) is 0 Å². The summed E-state index contributed by atoms with van der Waals surface area (Å²) in [5, 5.41) is 3.32. The smallest absolute Gasteiger partial charge is 0.216 e. The highest BCUT2D eigenvalue weighted by Gasteiger charge is 2.43. The van der Waals surface area contributed by atoms with Gasteiger partial charge in [0.25, 0.3) is 0 Å². The molecule has 1 N–H and O–H groups in total. The molecule has 5 nitrogen and oxygen atoms in total. The van der Waals surface area contributed by atoms with E-state index in [9.17, 15) is 8.42 Å². The second-order valence-corrected chi connectivity index (χ2v) is 6.91. The second-order valence-electron chi connectivity index (χ2n) is 4.82. The van der Waals surface area contributed by atoms with Crippen LogP contribution in [0.5, 0.6) is 0 Å². The SMILES string of the molecule is COCCS(=O)(=O)N1CCC2(CCNC2)C1. The van der Waals surface area contributed by atoms with Crippen LogP contribution in [0.3, 0.4) is 0 Å². The van der Waals surface area contributed by atoms with Crippen molar-refractivity contribution in [1.29, 1.82) is 0 Å². The Kier molecular flexibility index (Phi) is 3.53. The fourth-order valence-corrected chi connectivity index (χ4v) is 4.07.